The lowest BCUT2D eigenvalue weighted by atomic mass is 9.59. The average molecular weight is 287 g/mol. The van der Waals surface area contributed by atoms with Gasteiger partial charge in [0.05, 0.1) is 5.41 Å². The third-order valence-electron chi connectivity index (χ3n) is 3.22. The highest BCUT2D eigenvalue weighted by molar-refractivity contribution is 9.10. The molecule has 1 aromatic rings. The van der Waals surface area contributed by atoms with E-state index in [0.29, 0.717) is 28.8 Å². The molecule has 0 spiro atoms. The van der Waals surface area contributed by atoms with Gasteiger partial charge in [-0.15, -0.1) is 0 Å². The third kappa shape index (κ3) is 1.75. The quantitative estimate of drug-likeness (QED) is 0.905. The van der Waals surface area contributed by atoms with Gasteiger partial charge in [-0.2, -0.15) is 0 Å². The minimum absolute atomic E-state index is 0.387. The largest absolute Gasteiger partial charge is 0.481 e. The molecule has 0 bridgehead atoms. The molecule has 0 amide bonds. The fourth-order valence-corrected chi connectivity index (χ4v) is 2.96. The summed E-state index contributed by atoms with van der Waals surface area (Å²) in [6.45, 7) is 2.01. The summed E-state index contributed by atoms with van der Waals surface area (Å²) in [7, 11) is 0. The highest BCUT2D eigenvalue weighted by atomic mass is 79.9. The number of aliphatic carboxylic acids is 1. The van der Waals surface area contributed by atoms with E-state index in [1.54, 1.807) is 6.07 Å². The van der Waals surface area contributed by atoms with E-state index < -0.39 is 17.2 Å². The first kappa shape index (κ1) is 11.6. The van der Waals surface area contributed by atoms with Gasteiger partial charge in [0.1, 0.15) is 5.82 Å². The summed E-state index contributed by atoms with van der Waals surface area (Å²) in [6, 6.07) is 4.36. The Morgan fingerprint density at radius 1 is 1.50 bits per heavy atom. The Hall–Kier alpha value is -0.900. The molecule has 2 nitrogen and oxygen atoms in total. The topological polar surface area (TPSA) is 37.3 Å². The zero-order valence-electron chi connectivity index (χ0n) is 8.84. The van der Waals surface area contributed by atoms with Crippen LogP contribution in [-0.4, -0.2) is 11.1 Å². The minimum atomic E-state index is -0.885. The summed E-state index contributed by atoms with van der Waals surface area (Å²) in [6.07, 6.45) is 1.16. The Morgan fingerprint density at radius 2 is 2.12 bits per heavy atom. The van der Waals surface area contributed by atoms with Crippen LogP contribution < -0.4 is 0 Å². The van der Waals surface area contributed by atoms with Gasteiger partial charge in [0.15, 0.2) is 0 Å². The molecule has 0 atom stereocenters. The molecule has 86 valence electrons. The number of benzene rings is 1. The van der Waals surface area contributed by atoms with Crippen LogP contribution in [0.5, 0.6) is 0 Å². The van der Waals surface area contributed by atoms with Crippen molar-refractivity contribution >= 4 is 21.9 Å². The Bertz CT molecular complexity index is 418. The molecular formula is C12H12BrFO2. The molecule has 16 heavy (non-hydrogen) atoms. The van der Waals surface area contributed by atoms with Crippen molar-refractivity contribution in [2.45, 2.75) is 25.2 Å². The zero-order chi connectivity index (χ0) is 11.9. The molecule has 4 heteroatoms. The van der Waals surface area contributed by atoms with E-state index in [1.807, 2.05) is 6.92 Å². The lowest BCUT2D eigenvalue weighted by molar-refractivity contribution is -0.149. The number of rotatable bonds is 2. The lowest BCUT2D eigenvalue weighted by Crippen LogP contribution is -2.47. The van der Waals surface area contributed by atoms with Gasteiger partial charge in [-0.25, -0.2) is 4.39 Å². The summed E-state index contributed by atoms with van der Waals surface area (Å²) in [5.74, 6) is -0.870. The Kier molecular flexibility index (Phi) is 2.78. The number of carboxylic acids is 1. The first-order valence-corrected chi connectivity index (χ1v) is 5.93. The molecule has 0 aromatic heterocycles. The van der Waals surface area contributed by atoms with Gasteiger partial charge in [0, 0.05) is 4.47 Å². The van der Waals surface area contributed by atoms with Gasteiger partial charge in [-0.3, -0.25) is 4.79 Å². The molecule has 0 heterocycles. The summed E-state index contributed by atoms with van der Waals surface area (Å²) < 4.78 is 13.8. The summed E-state index contributed by atoms with van der Waals surface area (Å²) in [5, 5.41) is 9.30. The van der Waals surface area contributed by atoms with E-state index >= 15 is 0 Å². The van der Waals surface area contributed by atoms with Crippen LogP contribution in [0, 0.1) is 11.7 Å². The maximum absolute atomic E-state index is 13.3. The van der Waals surface area contributed by atoms with Gasteiger partial charge in [0.2, 0.25) is 0 Å². The molecule has 0 aliphatic heterocycles. The molecule has 1 aromatic carbocycles. The predicted molar refractivity (Wildman–Crippen MR) is 61.8 cm³/mol. The van der Waals surface area contributed by atoms with E-state index in [-0.39, 0.29) is 0 Å². The second-order valence-electron chi connectivity index (χ2n) is 4.56. The molecular weight excluding hydrogens is 275 g/mol. The van der Waals surface area contributed by atoms with Gasteiger partial charge >= 0.3 is 5.97 Å². The van der Waals surface area contributed by atoms with Gasteiger partial charge < -0.3 is 5.11 Å². The molecule has 1 fully saturated rings. The zero-order valence-corrected chi connectivity index (χ0v) is 10.4. The van der Waals surface area contributed by atoms with E-state index in [2.05, 4.69) is 15.9 Å². The van der Waals surface area contributed by atoms with E-state index in [1.165, 1.54) is 12.1 Å². The fourth-order valence-electron chi connectivity index (χ4n) is 2.49. The minimum Gasteiger partial charge on any atom is -0.481 e. The van der Waals surface area contributed by atoms with E-state index in [9.17, 15) is 14.3 Å². The van der Waals surface area contributed by atoms with Gasteiger partial charge in [-0.05, 0) is 42.5 Å². The summed E-state index contributed by atoms with van der Waals surface area (Å²) in [4.78, 5) is 11.3. The maximum Gasteiger partial charge on any atom is 0.314 e. The van der Waals surface area contributed by atoms with Crippen molar-refractivity contribution < 1.29 is 14.3 Å². The molecule has 1 saturated carbocycles. The number of carbonyl (C=O) groups is 1. The van der Waals surface area contributed by atoms with Crippen LogP contribution in [0.4, 0.5) is 4.39 Å². The Balaban J connectivity index is 2.45. The van der Waals surface area contributed by atoms with Crippen LogP contribution in [0.2, 0.25) is 0 Å². The summed E-state index contributed by atoms with van der Waals surface area (Å²) >= 11 is 3.19. The Morgan fingerprint density at radius 3 is 2.56 bits per heavy atom. The highest BCUT2D eigenvalue weighted by Gasteiger charge is 2.50. The summed E-state index contributed by atoms with van der Waals surface area (Å²) in [5.41, 5.74) is -0.325. The first-order valence-electron chi connectivity index (χ1n) is 5.14. The van der Waals surface area contributed by atoms with Gasteiger partial charge in [-0.1, -0.05) is 22.9 Å². The van der Waals surface area contributed by atoms with E-state index in [4.69, 9.17) is 0 Å². The lowest BCUT2D eigenvalue weighted by Gasteiger charge is -2.43. The van der Waals surface area contributed by atoms with Crippen molar-refractivity contribution in [1.82, 2.24) is 0 Å². The Labute approximate surface area is 102 Å². The SMILES string of the molecule is CC1CC(C(=O)O)(c2cc(F)cc(Br)c2)C1. The second-order valence-corrected chi connectivity index (χ2v) is 5.47. The second kappa shape index (κ2) is 3.84. The van der Waals surface area contributed by atoms with Crippen LogP contribution in [0.15, 0.2) is 22.7 Å². The molecule has 1 aliphatic carbocycles. The monoisotopic (exact) mass is 286 g/mol. The van der Waals surface area contributed by atoms with Crippen molar-refractivity contribution in [2.75, 3.05) is 0 Å². The normalized spacial score (nSPS) is 28.6. The third-order valence-corrected chi connectivity index (χ3v) is 3.68. The maximum atomic E-state index is 13.3. The molecule has 0 radical (unpaired) electrons. The highest BCUT2D eigenvalue weighted by Crippen LogP contribution is 2.48. The number of hydrogen-bond acceptors (Lipinski definition) is 1. The van der Waals surface area contributed by atoms with Crippen LogP contribution in [0.25, 0.3) is 0 Å². The fraction of sp³-hybridized carbons (Fsp3) is 0.417. The standard InChI is InChI=1S/C12H12BrFO2/c1-7-5-12(6-7,11(15)16)8-2-9(13)4-10(14)3-8/h2-4,7H,5-6H2,1H3,(H,15,16). The number of halogens is 2. The van der Waals surface area contributed by atoms with Crippen LogP contribution in [-0.2, 0) is 10.2 Å². The molecule has 1 N–H and O–H groups in total. The number of hydrogen-bond donors (Lipinski definition) is 1. The molecule has 0 saturated heterocycles. The number of carboxylic acid groups (broad SMARTS) is 1. The average Bonchev–Trinajstić information content (AvgIpc) is 2.10. The van der Waals surface area contributed by atoms with Crippen molar-refractivity contribution in [2.24, 2.45) is 5.92 Å². The van der Waals surface area contributed by atoms with Crippen molar-refractivity contribution in [1.29, 1.82) is 0 Å². The van der Waals surface area contributed by atoms with Crippen molar-refractivity contribution in [3.8, 4) is 0 Å². The van der Waals surface area contributed by atoms with Crippen LogP contribution in [0.1, 0.15) is 25.3 Å². The molecule has 1 aliphatic rings. The van der Waals surface area contributed by atoms with E-state index in [0.717, 1.165) is 0 Å². The van der Waals surface area contributed by atoms with Crippen molar-refractivity contribution in [3.05, 3.63) is 34.1 Å². The molecule has 0 unspecified atom stereocenters. The van der Waals surface area contributed by atoms with Gasteiger partial charge in [0.25, 0.3) is 0 Å². The predicted octanol–water partition coefficient (Wildman–Crippen LogP) is 3.34. The van der Waals surface area contributed by atoms with Crippen LogP contribution >= 0.6 is 15.9 Å². The van der Waals surface area contributed by atoms with Crippen LogP contribution in [0.3, 0.4) is 0 Å². The first-order chi connectivity index (χ1) is 7.44. The smallest absolute Gasteiger partial charge is 0.314 e. The molecule has 2 rings (SSSR count). The van der Waals surface area contributed by atoms with Crippen molar-refractivity contribution in [3.63, 3.8) is 0 Å².